The van der Waals surface area contributed by atoms with Crippen molar-refractivity contribution in [3.8, 4) is 0 Å². The first-order valence-electron chi connectivity index (χ1n) is 6.91. The van der Waals surface area contributed by atoms with Gasteiger partial charge in [0, 0.05) is 40.4 Å². The van der Waals surface area contributed by atoms with Gasteiger partial charge in [0.05, 0.1) is 11.9 Å². The zero-order chi connectivity index (χ0) is 15.4. The standard InChI is InChI=1S/2C9H8N2/c10-9-2-1-8-6-11-4-3-7(8)5-9;10-9-6-11-5-7-3-1-2-4-8(7)9/h2*1-6H,10H2. The second-order valence-electron chi connectivity index (χ2n) is 4.93. The molecule has 4 nitrogen and oxygen atoms in total. The molecule has 0 atom stereocenters. The van der Waals surface area contributed by atoms with Crippen LogP contribution in [0.1, 0.15) is 0 Å². The van der Waals surface area contributed by atoms with Crippen LogP contribution in [0, 0.1) is 0 Å². The highest BCUT2D eigenvalue weighted by Gasteiger charge is 1.94. The minimum Gasteiger partial charge on any atom is -0.399 e. The van der Waals surface area contributed by atoms with Crippen LogP contribution in [-0.4, -0.2) is 9.97 Å². The topological polar surface area (TPSA) is 77.8 Å². The molecule has 2 heterocycles. The van der Waals surface area contributed by atoms with Gasteiger partial charge in [0.1, 0.15) is 0 Å². The summed E-state index contributed by atoms with van der Waals surface area (Å²) < 4.78 is 0. The lowest BCUT2D eigenvalue weighted by molar-refractivity contribution is 1.36. The minimum absolute atomic E-state index is 0.739. The average molecular weight is 288 g/mol. The van der Waals surface area contributed by atoms with Crippen LogP contribution in [-0.2, 0) is 0 Å². The van der Waals surface area contributed by atoms with Crippen LogP contribution in [0.3, 0.4) is 0 Å². The Kier molecular flexibility index (Phi) is 3.83. The number of pyridine rings is 2. The fourth-order valence-electron chi connectivity index (χ4n) is 2.24. The average Bonchev–Trinajstić information content (AvgIpc) is 2.56. The van der Waals surface area contributed by atoms with E-state index in [0.29, 0.717) is 0 Å². The second kappa shape index (κ2) is 6.10. The first kappa shape index (κ1) is 13.8. The molecular weight excluding hydrogens is 272 g/mol. The van der Waals surface area contributed by atoms with E-state index in [2.05, 4.69) is 9.97 Å². The summed E-state index contributed by atoms with van der Waals surface area (Å²) in [5.74, 6) is 0. The minimum atomic E-state index is 0.739. The van der Waals surface area contributed by atoms with Crippen molar-refractivity contribution in [1.29, 1.82) is 0 Å². The summed E-state index contributed by atoms with van der Waals surface area (Å²) in [5, 5.41) is 4.43. The summed E-state index contributed by atoms with van der Waals surface area (Å²) in [6.07, 6.45) is 7.07. The predicted molar refractivity (Wildman–Crippen MR) is 92.3 cm³/mol. The van der Waals surface area contributed by atoms with Crippen LogP contribution in [0.4, 0.5) is 11.4 Å². The molecule has 2 aromatic carbocycles. The SMILES string of the molecule is Nc1ccc2cnccc2c1.Nc1cncc2ccccc12. The van der Waals surface area contributed by atoms with Crippen molar-refractivity contribution in [2.45, 2.75) is 0 Å². The van der Waals surface area contributed by atoms with E-state index < -0.39 is 0 Å². The van der Waals surface area contributed by atoms with Crippen molar-refractivity contribution in [1.82, 2.24) is 9.97 Å². The van der Waals surface area contributed by atoms with E-state index in [1.54, 1.807) is 12.4 Å². The first-order valence-corrected chi connectivity index (χ1v) is 6.91. The molecule has 22 heavy (non-hydrogen) atoms. The van der Waals surface area contributed by atoms with Crippen LogP contribution in [0.2, 0.25) is 0 Å². The van der Waals surface area contributed by atoms with Crippen molar-refractivity contribution in [3.05, 3.63) is 73.3 Å². The van der Waals surface area contributed by atoms with Crippen molar-refractivity contribution >= 4 is 32.9 Å². The fourth-order valence-corrected chi connectivity index (χ4v) is 2.24. The van der Waals surface area contributed by atoms with Gasteiger partial charge in [0.25, 0.3) is 0 Å². The van der Waals surface area contributed by atoms with Crippen LogP contribution in [0.15, 0.2) is 73.3 Å². The molecule has 0 saturated carbocycles. The monoisotopic (exact) mass is 288 g/mol. The van der Waals surface area contributed by atoms with E-state index in [9.17, 15) is 0 Å². The molecule has 4 aromatic rings. The molecule has 108 valence electrons. The molecule has 4 heteroatoms. The largest absolute Gasteiger partial charge is 0.399 e. The quantitative estimate of drug-likeness (QED) is 0.484. The van der Waals surface area contributed by atoms with Crippen LogP contribution in [0.25, 0.3) is 21.5 Å². The van der Waals surface area contributed by atoms with E-state index in [-0.39, 0.29) is 0 Å². The van der Waals surface area contributed by atoms with E-state index in [1.807, 2.05) is 60.9 Å². The molecule has 0 aliphatic heterocycles. The summed E-state index contributed by atoms with van der Waals surface area (Å²) in [7, 11) is 0. The Bertz CT molecular complexity index is 907. The highest BCUT2D eigenvalue weighted by atomic mass is 14.7. The zero-order valence-corrected chi connectivity index (χ0v) is 12.0. The van der Waals surface area contributed by atoms with Gasteiger partial charge in [-0.05, 0) is 23.6 Å². The van der Waals surface area contributed by atoms with Gasteiger partial charge in [0.15, 0.2) is 0 Å². The molecular formula is C18H16N4. The van der Waals surface area contributed by atoms with Crippen LogP contribution in [0.5, 0.6) is 0 Å². The molecule has 0 fully saturated rings. The van der Waals surface area contributed by atoms with Crippen molar-refractivity contribution in [2.24, 2.45) is 0 Å². The molecule has 0 aliphatic carbocycles. The lowest BCUT2D eigenvalue weighted by Gasteiger charge is -1.98. The van der Waals surface area contributed by atoms with E-state index >= 15 is 0 Å². The number of rotatable bonds is 0. The van der Waals surface area contributed by atoms with Crippen molar-refractivity contribution < 1.29 is 0 Å². The third-order valence-electron chi connectivity index (χ3n) is 3.36. The molecule has 0 aliphatic rings. The number of fused-ring (bicyclic) bond motifs is 2. The molecule has 0 saturated heterocycles. The number of hydrogen-bond donors (Lipinski definition) is 2. The number of nitrogen functional groups attached to an aromatic ring is 2. The Morgan fingerprint density at radius 1 is 0.682 bits per heavy atom. The predicted octanol–water partition coefficient (Wildman–Crippen LogP) is 3.63. The van der Waals surface area contributed by atoms with Gasteiger partial charge in [-0.1, -0.05) is 30.3 Å². The third kappa shape index (κ3) is 2.96. The molecule has 0 bridgehead atoms. The van der Waals surface area contributed by atoms with Crippen LogP contribution < -0.4 is 11.5 Å². The summed E-state index contributed by atoms with van der Waals surface area (Å²) >= 11 is 0. The fraction of sp³-hybridized carbons (Fsp3) is 0. The molecule has 2 aromatic heterocycles. The summed E-state index contributed by atoms with van der Waals surface area (Å²) in [4.78, 5) is 7.99. The lowest BCUT2D eigenvalue weighted by Crippen LogP contribution is -1.87. The Balaban J connectivity index is 0.000000131. The van der Waals surface area contributed by atoms with Gasteiger partial charge >= 0.3 is 0 Å². The maximum Gasteiger partial charge on any atom is 0.0580 e. The molecule has 0 spiro atoms. The zero-order valence-electron chi connectivity index (χ0n) is 12.0. The molecule has 4 rings (SSSR count). The van der Waals surface area contributed by atoms with Gasteiger partial charge in [-0.2, -0.15) is 0 Å². The van der Waals surface area contributed by atoms with Gasteiger partial charge in [0.2, 0.25) is 0 Å². The second-order valence-corrected chi connectivity index (χ2v) is 4.93. The number of benzene rings is 2. The van der Waals surface area contributed by atoms with Gasteiger partial charge in [-0.3, -0.25) is 9.97 Å². The maximum absolute atomic E-state index is 5.69. The van der Waals surface area contributed by atoms with Crippen molar-refractivity contribution in [2.75, 3.05) is 11.5 Å². The Labute approximate surface area is 128 Å². The normalized spacial score (nSPS) is 10.2. The number of nitrogens with zero attached hydrogens (tertiary/aromatic N) is 2. The Morgan fingerprint density at radius 3 is 2.36 bits per heavy atom. The molecule has 0 unspecified atom stereocenters. The number of aromatic nitrogens is 2. The summed E-state index contributed by atoms with van der Waals surface area (Å²) in [6, 6.07) is 15.7. The Hall–Kier alpha value is -3.14. The lowest BCUT2D eigenvalue weighted by atomic mass is 10.1. The van der Waals surface area contributed by atoms with E-state index in [1.165, 1.54) is 0 Å². The highest BCUT2D eigenvalue weighted by molar-refractivity contribution is 5.91. The molecule has 0 amide bonds. The first-order chi connectivity index (χ1) is 10.7. The highest BCUT2D eigenvalue weighted by Crippen LogP contribution is 2.17. The summed E-state index contributed by atoms with van der Waals surface area (Å²) in [6.45, 7) is 0. The van der Waals surface area contributed by atoms with Gasteiger partial charge in [-0.25, -0.2) is 0 Å². The van der Waals surface area contributed by atoms with E-state index in [0.717, 1.165) is 32.9 Å². The smallest absolute Gasteiger partial charge is 0.0580 e. The van der Waals surface area contributed by atoms with Crippen LogP contribution >= 0.6 is 0 Å². The van der Waals surface area contributed by atoms with Crippen molar-refractivity contribution in [3.63, 3.8) is 0 Å². The maximum atomic E-state index is 5.69. The Morgan fingerprint density at radius 2 is 1.50 bits per heavy atom. The number of anilines is 2. The third-order valence-corrected chi connectivity index (χ3v) is 3.36. The number of hydrogen-bond acceptors (Lipinski definition) is 4. The van der Waals surface area contributed by atoms with Gasteiger partial charge in [-0.15, -0.1) is 0 Å². The van der Waals surface area contributed by atoms with E-state index in [4.69, 9.17) is 11.5 Å². The summed E-state index contributed by atoms with van der Waals surface area (Å²) in [5.41, 5.74) is 12.8. The number of nitrogens with two attached hydrogens (primary N) is 2. The van der Waals surface area contributed by atoms with Gasteiger partial charge < -0.3 is 11.5 Å². The molecule has 0 radical (unpaired) electrons. The molecule has 4 N–H and O–H groups in total.